The SMILES string of the molecule is CN1CCC2CN(c3ncc4c(=O)c(C(=O)NC5CCNCC5)c5sc6ccccc6n5c4n3)CC2C1. The molecule has 0 aliphatic carbocycles. The van der Waals surface area contributed by atoms with Gasteiger partial charge in [0, 0.05) is 31.9 Å². The first-order chi connectivity index (χ1) is 18.1. The number of fused-ring (bicyclic) bond motifs is 6. The molecule has 3 aliphatic rings. The van der Waals surface area contributed by atoms with Crippen molar-refractivity contribution in [2.75, 3.05) is 51.2 Å². The molecule has 0 radical (unpaired) electrons. The molecule has 3 aromatic heterocycles. The minimum atomic E-state index is -0.306. The first-order valence-electron chi connectivity index (χ1n) is 13.2. The van der Waals surface area contributed by atoms with Crippen molar-refractivity contribution in [3.05, 3.63) is 46.2 Å². The van der Waals surface area contributed by atoms with Crippen LogP contribution in [0.5, 0.6) is 0 Å². The first kappa shape index (κ1) is 23.1. The Balaban J connectivity index is 1.36. The maximum atomic E-state index is 13.8. The largest absolute Gasteiger partial charge is 0.349 e. The van der Waals surface area contributed by atoms with Crippen LogP contribution in [0.1, 0.15) is 29.6 Å². The zero-order chi connectivity index (χ0) is 25.1. The standard InChI is InChI=1S/C27H31N7O2S/c1-32-11-8-16-14-33(15-17(16)13-32)27-29-12-19-23(35)22(25(36)30-18-6-9-28-10-7-18)26-34(24(19)31-27)20-4-2-3-5-21(20)37-26/h2-5,12,16-18,28H,6-11,13-15H2,1H3,(H,30,36). The number of piperidine rings is 2. The van der Waals surface area contributed by atoms with E-state index in [-0.39, 0.29) is 22.9 Å². The van der Waals surface area contributed by atoms with E-state index < -0.39 is 0 Å². The molecule has 0 saturated carbocycles. The number of carbonyl (C=O) groups is 1. The topological polar surface area (TPSA) is 94.9 Å². The number of nitrogens with zero attached hydrogens (tertiary/aromatic N) is 5. The van der Waals surface area contributed by atoms with Crippen LogP contribution in [0.3, 0.4) is 0 Å². The van der Waals surface area contributed by atoms with Gasteiger partial charge in [-0.25, -0.2) is 4.98 Å². The van der Waals surface area contributed by atoms with Crippen LogP contribution in [0.2, 0.25) is 0 Å². The molecular formula is C27H31N7O2S. The van der Waals surface area contributed by atoms with Gasteiger partial charge in [0.15, 0.2) is 5.65 Å². The number of hydrogen-bond acceptors (Lipinski definition) is 8. The minimum Gasteiger partial charge on any atom is -0.349 e. The highest BCUT2D eigenvalue weighted by molar-refractivity contribution is 7.24. The third kappa shape index (κ3) is 3.89. The Morgan fingerprint density at radius 1 is 1.11 bits per heavy atom. The Morgan fingerprint density at radius 2 is 1.92 bits per heavy atom. The normalized spacial score (nSPS) is 23.2. The molecule has 37 heavy (non-hydrogen) atoms. The number of likely N-dealkylation sites (tertiary alicyclic amines) is 1. The van der Waals surface area contributed by atoms with E-state index in [0.29, 0.717) is 33.6 Å². The van der Waals surface area contributed by atoms with E-state index in [4.69, 9.17) is 4.98 Å². The molecule has 9 nitrogen and oxygen atoms in total. The zero-order valence-corrected chi connectivity index (χ0v) is 21.8. The summed E-state index contributed by atoms with van der Waals surface area (Å²) in [5.74, 6) is 1.63. The lowest BCUT2D eigenvalue weighted by Gasteiger charge is -2.31. The van der Waals surface area contributed by atoms with Crippen molar-refractivity contribution in [2.45, 2.75) is 25.3 Å². The number of rotatable bonds is 3. The molecule has 7 rings (SSSR count). The maximum Gasteiger partial charge on any atom is 0.258 e. The van der Waals surface area contributed by atoms with Gasteiger partial charge in [0.05, 0.1) is 15.6 Å². The number of hydrogen-bond donors (Lipinski definition) is 2. The van der Waals surface area contributed by atoms with Crippen LogP contribution >= 0.6 is 11.3 Å². The molecule has 0 bridgehead atoms. The Morgan fingerprint density at radius 3 is 2.78 bits per heavy atom. The van der Waals surface area contributed by atoms with Gasteiger partial charge in [-0.1, -0.05) is 12.1 Å². The number of pyridine rings is 1. The number of carbonyl (C=O) groups excluding carboxylic acids is 1. The molecule has 192 valence electrons. The Labute approximate surface area is 218 Å². The van der Waals surface area contributed by atoms with Crippen molar-refractivity contribution in [3.63, 3.8) is 0 Å². The second kappa shape index (κ2) is 9.04. The molecule has 3 aliphatic heterocycles. The van der Waals surface area contributed by atoms with Gasteiger partial charge in [0.25, 0.3) is 5.91 Å². The molecule has 4 aromatic rings. The summed E-state index contributed by atoms with van der Waals surface area (Å²) in [6, 6.07) is 8.09. The van der Waals surface area contributed by atoms with Crippen LogP contribution in [-0.4, -0.2) is 77.5 Å². The summed E-state index contributed by atoms with van der Waals surface area (Å²) in [6.07, 6.45) is 4.54. The van der Waals surface area contributed by atoms with Gasteiger partial charge in [-0.2, -0.15) is 4.98 Å². The summed E-state index contributed by atoms with van der Waals surface area (Å²) < 4.78 is 3.01. The fraction of sp³-hybridized carbons (Fsp3) is 0.481. The predicted molar refractivity (Wildman–Crippen MR) is 147 cm³/mol. The summed E-state index contributed by atoms with van der Waals surface area (Å²) in [7, 11) is 2.19. The number of nitrogens with one attached hydrogen (secondary N) is 2. The minimum absolute atomic E-state index is 0.0645. The van der Waals surface area contributed by atoms with Crippen molar-refractivity contribution in [2.24, 2.45) is 11.8 Å². The quantitative estimate of drug-likeness (QED) is 0.431. The van der Waals surface area contributed by atoms with Gasteiger partial charge < -0.3 is 20.4 Å². The molecular weight excluding hydrogens is 486 g/mol. The summed E-state index contributed by atoms with van der Waals surface area (Å²) in [6.45, 7) is 5.84. The Hall–Kier alpha value is -3.08. The van der Waals surface area contributed by atoms with Gasteiger partial charge in [-0.05, 0) is 69.9 Å². The average Bonchev–Trinajstić information content (AvgIpc) is 3.50. The molecule has 3 saturated heterocycles. The molecule has 3 fully saturated rings. The number of amides is 1. The van der Waals surface area contributed by atoms with Gasteiger partial charge in [0.1, 0.15) is 10.4 Å². The average molecular weight is 518 g/mol. The van der Waals surface area contributed by atoms with Crippen LogP contribution in [0.25, 0.3) is 26.1 Å². The lowest BCUT2D eigenvalue weighted by atomic mass is 9.89. The molecule has 2 unspecified atom stereocenters. The van der Waals surface area contributed by atoms with Gasteiger partial charge in [-0.15, -0.1) is 11.3 Å². The van der Waals surface area contributed by atoms with Gasteiger partial charge in [0.2, 0.25) is 11.4 Å². The number of para-hydroxylation sites is 1. The molecule has 1 aromatic carbocycles. The molecule has 1 amide bonds. The van der Waals surface area contributed by atoms with Gasteiger partial charge in [-0.3, -0.25) is 14.0 Å². The number of benzene rings is 1. The fourth-order valence-corrected chi connectivity index (χ4v) is 7.56. The van der Waals surface area contributed by atoms with E-state index in [1.807, 2.05) is 28.7 Å². The predicted octanol–water partition coefficient (Wildman–Crippen LogP) is 2.33. The van der Waals surface area contributed by atoms with Crippen LogP contribution < -0.4 is 21.0 Å². The summed E-state index contributed by atoms with van der Waals surface area (Å²) in [5, 5.41) is 6.83. The van der Waals surface area contributed by atoms with Crippen LogP contribution in [0.4, 0.5) is 5.95 Å². The van der Waals surface area contributed by atoms with E-state index in [0.717, 1.165) is 62.3 Å². The monoisotopic (exact) mass is 517 g/mol. The summed E-state index contributed by atoms with van der Waals surface area (Å²) >= 11 is 1.47. The second-order valence-corrected chi connectivity index (χ2v) is 11.8. The van der Waals surface area contributed by atoms with E-state index >= 15 is 0 Å². The lowest BCUT2D eigenvalue weighted by Crippen LogP contribution is -2.44. The van der Waals surface area contributed by atoms with Crippen molar-refractivity contribution in [1.29, 1.82) is 0 Å². The van der Waals surface area contributed by atoms with Crippen molar-refractivity contribution in [3.8, 4) is 0 Å². The number of aromatic nitrogens is 3. The van der Waals surface area contributed by atoms with Crippen LogP contribution in [0.15, 0.2) is 35.3 Å². The Bertz CT molecular complexity index is 1570. The van der Waals surface area contributed by atoms with Gasteiger partial charge >= 0.3 is 0 Å². The third-order valence-electron chi connectivity index (χ3n) is 8.36. The van der Waals surface area contributed by atoms with E-state index in [9.17, 15) is 9.59 Å². The summed E-state index contributed by atoms with van der Waals surface area (Å²) in [4.78, 5) is 42.3. The van der Waals surface area contributed by atoms with Crippen LogP contribution in [0, 0.1) is 11.8 Å². The highest BCUT2D eigenvalue weighted by atomic mass is 32.1. The molecule has 2 atom stereocenters. The van der Waals surface area contributed by atoms with E-state index in [1.54, 1.807) is 6.20 Å². The number of anilines is 1. The van der Waals surface area contributed by atoms with Crippen molar-refractivity contribution < 1.29 is 4.79 Å². The fourth-order valence-electron chi connectivity index (χ4n) is 6.38. The van der Waals surface area contributed by atoms with Crippen molar-refractivity contribution in [1.82, 2.24) is 29.9 Å². The van der Waals surface area contributed by atoms with Crippen LogP contribution in [-0.2, 0) is 0 Å². The highest BCUT2D eigenvalue weighted by Gasteiger charge is 2.37. The van der Waals surface area contributed by atoms with Crippen molar-refractivity contribution >= 4 is 49.3 Å². The second-order valence-electron chi connectivity index (χ2n) is 10.8. The smallest absolute Gasteiger partial charge is 0.258 e. The lowest BCUT2D eigenvalue weighted by molar-refractivity contribution is 0.0930. The zero-order valence-electron chi connectivity index (χ0n) is 20.9. The number of thiazole rings is 1. The molecule has 2 N–H and O–H groups in total. The maximum absolute atomic E-state index is 13.8. The third-order valence-corrected chi connectivity index (χ3v) is 9.50. The Kier molecular flexibility index (Phi) is 5.63. The van der Waals surface area contributed by atoms with E-state index in [1.165, 1.54) is 17.8 Å². The highest BCUT2D eigenvalue weighted by Crippen LogP contribution is 2.34. The molecule has 10 heteroatoms. The van der Waals surface area contributed by atoms with E-state index in [2.05, 4.69) is 32.5 Å². The first-order valence-corrected chi connectivity index (χ1v) is 14.1. The molecule has 6 heterocycles. The molecule has 0 spiro atoms. The summed E-state index contributed by atoms with van der Waals surface area (Å²) in [5.41, 5.74) is 1.42.